The minimum Gasteiger partial charge on any atom is -0.311 e. The molecular weight excluding hydrogens is 110 g/mol. The van der Waals surface area contributed by atoms with Crippen LogP contribution in [0.3, 0.4) is 0 Å². The summed E-state index contributed by atoms with van der Waals surface area (Å²) in [7, 11) is 0. The van der Waals surface area contributed by atoms with Crippen molar-refractivity contribution < 1.29 is 0 Å². The van der Waals surface area contributed by atoms with Gasteiger partial charge in [0.2, 0.25) is 0 Å². The average molecular weight is 127 g/mol. The zero-order valence-corrected chi connectivity index (χ0v) is 6.48. The zero-order valence-electron chi connectivity index (χ0n) is 6.48. The fraction of sp³-hybridized carbons (Fsp3) is 0.750. The third-order valence-electron chi connectivity index (χ3n) is 1.35. The van der Waals surface area contributed by atoms with Gasteiger partial charge in [0.1, 0.15) is 0 Å². The van der Waals surface area contributed by atoms with E-state index in [9.17, 15) is 0 Å². The fourth-order valence-electron chi connectivity index (χ4n) is 0.876. The van der Waals surface area contributed by atoms with Crippen LogP contribution in [0.25, 0.3) is 0 Å². The van der Waals surface area contributed by atoms with Crippen LogP contribution in [0.4, 0.5) is 0 Å². The summed E-state index contributed by atoms with van der Waals surface area (Å²) in [6, 6.07) is 0.528. The van der Waals surface area contributed by atoms with Crippen LogP contribution < -0.4 is 5.32 Å². The Labute approximate surface area is 58.2 Å². The van der Waals surface area contributed by atoms with Gasteiger partial charge in [-0.2, -0.15) is 0 Å². The fourth-order valence-corrected chi connectivity index (χ4v) is 0.876. The zero-order chi connectivity index (χ0) is 7.11. The van der Waals surface area contributed by atoms with Gasteiger partial charge in [0.05, 0.1) is 0 Å². The predicted molar refractivity (Wildman–Crippen MR) is 42.6 cm³/mol. The van der Waals surface area contributed by atoms with E-state index in [-0.39, 0.29) is 0 Å². The van der Waals surface area contributed by atoms with E-state index in [0.29, 0.717) is 6.04 Å². The lowest BCUT2D eigenvalue weighted by molar-refractivity contribution is 0.568. The first kappa shape index (κ1) is 8.70. The molecule has 1 atom stereocenters. The molecule has 0 radical (unpaired) electrons. The minimum atomic E-state index is 0.528. The second-order valence-electron chi connectivity index (χ2n) is 2.19. The van der Waals surface area contributed by atoms with Crippen molar-refractivity contribution in [3.8, 4) is 0 Å². The lowest BCUT2D eigenvalue weighted by atomic mass is 10.2. The molecule has 0 amide bonds. The van der Waals surface area contributed by atoms with E-state index in [4.69, 9.17) is 0 Å². The third-order valence-corrected chi connectivity index (χ3v) is 1.35. The van der Waals surface area contributed by atoms with Crippen LogP contribution in [-0.2, 0) is 0 Å². The summed E-state index contributed by atoms with van der Waals surface area (Å²) in [6.07, 6.45) is 4.41. The van der Waals surface area contributed by atoms with Gasteiger partial charge >= 0.3 is 0 Å². The molecule has 0 spiro atoms. The van der Waals surface area contributed by atoms with Crippen LogP contribution >= 0.6 is 0 Å². The monoisotopic (exact) mass is 127 g/mol. The van der Waals surface area contributed by atoms with E-state index in [2.05, 4.69) is 25.7 Å². The van der Waals surface area contributed by atoms with E-state index in [1.165, 1.54) is 12.8 Å². The van der Waals surface area contributed by atoms with Gasteiger partial charge in [0.15, 0.2) is 0 Å². The molecule has 0 heterocycles. The van der Waals surface area contributed by atoms with Crippen LogP contribution in [0.2, 0.25) is 0 Å². The third kappa shape index (κ3) is 4.22. The summed E-state index contributed by atoms with van der Waals surface area (Å²) in [5.41, 5.74) is 0. The highest BCUT2D eigenvalue weighted by Gasteiger charge is 1.96. The SMILES string of the molecule is C=CC(CCC)NCC. The van der Waals surface area contributed by atoms with Crippen LogP contribution in [0.1, 0.15) is 26.7 Å². The molecule has 0 rings (SSSR count). The van der Waals surface area contributed by atoms with Crippen LogP contribution in [0.15, 0.2) is 12.7 Å². The molecule has 0 aliphatic carbocycles. The van der Waals surface area contributed by atoms with E-state index in [1.54, 1.807) is 0 Å². The predicted octanol–water partition coefficient (Wildman–Crippen LogP) is 1.95. The van der Waals surface area contributed by atoms with Crippen LogP contribution in [-0.4, -0.2) is 12.6 Å². The second kappa shape index (κ2) is 5.83. The Morgan fingerprint density at radius 1 is 1.56 bits per heavy atom. The maximum atomic E-state index is 3.74. The summed E-state index contributed by atoms with van der Waals surface area (Å²) >= 11 is 0. The van der Waals surface area contributed by atoms with Gasteiger partial charge in [-0.1, -0.05) is 26.3 Å². The Morgan fingerprint density at radius 3 is 2.56 bits per heavy atom. The van der Waals surface area contributed by atoms with Crippen molar-refractivity contribution in [3.63, 3.8) is 0 Å². The smallest absolute Gasteiger partial charge is 0.0247 e. The number of likely N-dealkylation sites (N-methyl/N-ethyl adjacent to an activating group) is 1. The molecule has 0 aromatic carbocycles. The Morgan fingerprint density at radius 2 is 2.22 bits per heavy atom. The molecule has 1 N–H and O–H groups in total. The van der Waals surface area contributed by atoms with Gasteiger partial charge in [-0.05, 0) is 13.0 Å². The van der Waals surface area contributed by atoms with Gasteiger partial charge in [-0.3, -0.25) is 0 Å². The molecule has 0 saturated carbocycles. The number of nitrogens with one attached hydrogen (secondary N) is 1. The topological polar surface area (TPSA) is 12.0 Å². The van der Waals surface area contributed by atoms with Crippen molar-refractivity contribution >= 4 is 0 Å². The van der Waals surface area contributed by atoms with Gasteiger partial charge in [0.25, 0.3) is 0 Å². The second-order valence-corrected chi connectivity index (χ2v) is 2.19. The van der Waals surface area contributed by atoms with Gasteiger partial charge < -0.3 is 5.32 Å². The Bertz CT molecular complexity index is 63.0. The number of hydrogen-bond acceptors (Lipinski definition) is 1. The van der Waals surface area contributed by atoms with Gasteiger partial charge in [-0.15, -0.1) is 6.58 Å². The van der Waals surface area contributed by atoms with E-state index < -0.39 is 0 Å². The normalized spacial score (nSPS) is 13.1. The first-order valence-corrected chi connectivity index (χ1v) is 3.71. The molecule has 0 aliphatic heterocycles. The van der Waals surface area contributed by atoms with Gasteiger partial charge in [0, 0.05) is 6.04 Å². The summed E-state index contributed by atoms with van der Waals surface area (Å²) in [4.78, 5) is 0. The molecular formula is C8H17N. The highest BCUT2D eigenvalue weighted by atomic mass is 14.9. The van der Waals surface area contributed by atoms with Crippen LogP contribution in [0.5, 0.6) is 0 Å². The van der Waals surface area contributed by atoms with E-state index in [1.807, 2.05) is 6.08 Å². The molecule has 0 bridgehead atoms. The van der Waals surface area contributed by atoms with Gasteiger partial charge in [-0.25, -0.2) is 0 Å². The molecule has 9 heavy (non-hydrogen) atoms. The van der Waals surface area contributed by atoms with Crippen molar-refractivity contribution in [2.75, 3.05) is 6.54 Å². The lowest BCUT2D eigenvalue weighted by Crippen LogP contribution is -2.25. The molecule has 1 unspecified atom stereocenters. The molecule has 54 valence electrons. The number of hydrogen-bond donors (Lipinski definition) is 1. The van der Waals surface area contributed by atoms with E-state index in [0.717, 1.165) is 6.54 Å². The van der Waals surface area contributed by atoms with Crippen LogP contribution in [0, 0.1) is 0 Å². The lowest BCUT2D eigenvalue weighted by Gasteiger charge is -2.10. The molecule has 0 aromatic rings. The quantitative estimate of drug-likeness (QED) is 0.557. The molecule has 0 fully saturated rings. The van der Waals surface area contributed by atoms with E-state index >= 15 is 0 Å². The minimum absolute atomic E-state index is 0.528. The maximum Gasteiger partial charge on any atom is 0.0247 e. The average Bonchev–Trinajstić information content (AvgIpc) is 1.88. The Balaban J connectivity index is 3.29. The standard InChI is InChI=1S/C8H17N/c1-4-7-8(5-2)9-6-3/h5,8-9H,2,4,6-7H2,1,3H3. The van der Waals surface area contributed by atoms with Crippen molar-refractivity contribution in [2.45, 2.75) is 32.7 Å². The first-order chi connectivity index (χ1) is 4.35. The molecule has 1 heteroatoms. The molecule has 0 aliphatic rings. The first-order valence-electron chi connectivity index (χ1n) is 3.71. The maximum absolute atomic E-state index is 3.74. The molecule has 0 aromatic heterocycles. The van der Waals surface area contributed by atoms with Crippen molar-refractivity contribution in [1.82, 2.24) is 5.32 Å². The largest absolute Gasteiger partial charge is 0.311 e. The highest BCUT2D eigenvalue weighted by molar-refractivity contribution is 4.84. The Hall–Kier alpha value is -0.300. The Kier molecular flexibility index (Phi) is 5.64. The highest BCUT2D eigenvalue weighted by Crippen LogP contribution is 1.95. The van der Waals surface area contributed by atoms with Crippen molar-refractivity contribution in [2.24, 2.45) is 0 Å². The summed E-state index contributed by atoms with van der Waals surface area (Å²) < 4.78 is 0. The van der Waals surface area contributed by atoms with Crippen molar-refractivity contribution in [3.05, 3.63) is 12.7 Å². The number of rotatable bonds is 5. The summed E-state index contributed by atoms with van der Waals surface area (Å²) in [6.45, 7) is 9.08. The molecule has 1 nitrogen and oxygen atoms in total. The summed E-state index contributed by atoms with van der Waals surface area (Å²) in [5.74, 6) is 0. The molecule has 0 saturated heterocycles. The van der Waals surface area contributed by atoms with Crippen molar-refractivity contribution in [1.29, 1.82) is 0 Å². The summed E-state index contributed by atoms with van der Waals surface area (Å²) in [5, 5.41) is 3.32.